The highest BCUT2D eigenvalue weighted by Crippen LogP contribution is 2.29. The molecule has 0 aromatic heterocycles. The third kappa shape index (κ3) is 9.20. The number of amidine groups is 1. The van der Waals surface area contributed by atoms with Gasteiger partial charge in [-0.1, -0.05) is 42.3 Å². The van der Waals surface area contributed by atoms with Gasteiger partial charge in [0.1, 0.15) is 12.4 Å². The maximum atomic E-state index is 11.6. The second-order valence-electron chi connectivity index (χ2n) is 7.02. The number of carbonyl (C=O) groups is 3. The lowest BCUT2D eigenvalue weighted by Crippen LogP contribution is -2.32. The van der Waals surface area contributed by atoms with E-state index >= 15 is 0 Å². The van der Waals surface area contributed by atoms with Crippen molar-refractivity contribution in [2.24, 2.45) is 10.9 Å². The number of carboxylic acids is 2. The molecular formula is C23H25N3O5S. The van der Waals surface area contributed by atoms with Crippen LogP contribution in [0.3, 0.4) is 0 Å². The second-order valence-corrected chi connectivity index (χ2v) is 8.04. The van der Waals surface area contributed by atoms with Crippen LogP contribution in [0.1, 0.15) is 18.4 Å². The topological polar surface area (TPSA) is 119 Å². The molecule has 3 N–H and O–H groups in total. The molecular weight excluding hydrogens is 430 g/mol. The molecule has 2 saturated heterocycles. The van der Waals surface area contributed by atoms with E-state index in [1.165, 1.54) is 17.3 Å². The maximum absolute atomic E-state index is 11.6. The molecule has 32 heavy (non-hydrogen) atoms. The number of hydrogen-bond acceptors (Lipinski definition) is 6. The first-order chi connectivity index (χ1) is 15.4. The maximum Gasteiger partial charge on any atom is 0.328 e. The molecule has 0 unspecified atom stereocenters. The number of aliphatic imine (C=N–C) groups is 1. The molecule has 0 atom stereocenters. The number of amides is 1. The lowest BCUT2D eigenvalue weighted by Gasteiger charge is -2.30. The van der Waals surface area contributed by atoms with Gasteiger partial charge in [0.25, 0.3) is 5.24 Å². The van der Waals surface area contributed by atoms with Gasteiger partial charge in [0.2, 0.25) is 0 Å². The Balaban J connectivity index is 0.000000390. The molecule has 8 nitrogen and oxygen atoms in total. The Hall–Kier alpha value is -3.35. The summed E-state index contributed by atoms with van der Waals surface area (Å²) in [6, 6.07) is 10.6. The average Bonchev–Trinajstić information content (AvgIpc) is 3.12. The molecule has 0 aliphatic carbocycles. The number of carboxylic acid groups (broad SMARTS) is 2. The molecule has 3 rings (SSSR count). The van der Waals surface area contributed by atoms with E-state index in [4.69, 9.17) is 16.6 Å². The summed E-state index contributed by atoms with van der Waals surface area (Å²) < 4.78 is 0. The molecule has 9 heteroatoms. The predicted octanol–water partition coefficient (Wildman–Crippen LogP) is 2.98. The van der Waals surface area contributed by atoms with Crippen LogP contribution >= 0.6 is 11.8 Å². The third-order valence-corrected chi connectivity index (χ3v) is 5.46. The van der Waals surface area contributed by atoms with E-state index < -0.39 is 11.9 Å². The van der Waals surface area contributed by atoms with Gasteiger partial charge in [0, 0.05) is 18.7 Å². The van der Waals surface area contributed by atoms with Crippen LogP contribution in [-0.2, 0) is 16.1 Å². The first kappa shape index (κ1) is 24.9. The van der Waals surface area contributed by atoms with Crippen molar-refractivity contribution in [2.75, 3.05) is 19.6 Å². The minimum absolute atomic E-state index is 0.0708. The molecule has 2 heterocycles. The van der Waals surface area contributed by atoms with Crippen molar-refractivity contribution in [3.8, 4) is 12.3 Å². The molecule has 168 valence electrons. The van der Waals surface area contributed by atoms with E-state index in [1.807, 2.05) is 0 Å². The molecule has 1 aromatic carbocycles. The van der Waals surface area contributed by atoms with E-state index in [0.717, 1.165) is 37.4 Å². The molecule has 1 aromatic rings. The Morgan fingerprint density at radius 3 is 2.38 bits per heavy atom. The summed E-state index contributed by atoms with van der Waals surface area (Å²) >= 11 is 1.22. The highest BCUT2D eigenvalue weighted by molar-refractivity contribution is 8.18. The Morgan fingerprint density at radius 1 is 1.19 bits per heavy atom. The van der Waals surface area contributed by atoms with Crippen LogP contribution in [0.25, 0.3) is 0 Å². The highest BCUT2D eigenvalue weighted by atomic mass is 32.2. The van der Waals surface area contributed by atoms with E-state index in [9.17, 15) is 14.4 Å². The average molecular weight is 456 g/mol. The zero-order valence-corrected chi connectivity index (χ0v) is 18.3. The van der Waals surface area contributed by atoms with Crippen molar-refractivity contribution in [1.82, 2.24) is 10.2 Å². The Labute approximate surface area is 191 Å². The fraction of sp³-hybridized carbons (Fsp3) is 0.304. The molecule has 1 amide bonds. The second kappa shape index (κ2) is 13.1. The lowest BCUT2D eigenvalue weighted by molar-refractivity contribution is -0.134. The van der Waals surface area contributed by atoms with Crippen molar-refractivity contribution in [3.05, 3.63) is 59.0 Å². The van der Waals surface area contributed by atoms with Crippen LogP contribution in [-0.4, -0.2) is 57.8 Å². The van der Waals surface area contributed by atoms with Gasteiger partial charge >= 0.3 is 11.9 Å². The van der Waals surface area contributed by atoms with Gasteiger partial charge in [-0.2, -0.15) is 0 Å². The minimum Gasteiger partial charge on any atom is -0.478 e. The molecule has 0 spiro atoms. The summed E-state index contributed by atoms with van der Waals surface area (Å²) in [6.45, 7) is 3.45. The smallest absolute Gasteiger partial charge is 0.328 e. The first-order valence-corrected chi connectivity index (χ1v) is 10.8. The molecule has 2 aliphatic rings. The number of carbonyl (C=O) groups excluding carboxylic acids is 1. The van der Waals surface area contributed by atoms with E-state index in [0.29, 0.717) is 30.5 Å². The molecule has 0 bridgehead atoms. The SMILES string of the molecule is C#CCN=C1NC(=O)S/C1=C\C1CCN(Cc2ccccc2)CC1.O=C(O)/C=C/C(=O)O. The number of nitrogens with one attached hydrogen (secondary N) is 1. The zero-order chi connectivity index (χ0) is 23.3. The van der Waals surface area contributed by atoms with Crippen LogP contribution in [0.15, 0.2) is 58.5 Å². The van der Waals surface area contributed by atoms with Gasteiger partial charge in [0.05, 0.1) is 4.91 Å². The van der Waals surface area contributed by atoms with Crippen molar-refractivity contribution in [3.63, 3.8) is 0 Å². The molecule has 2 fully saturated rings. The first-order valence-electron chi connectivity index (χ1n) is 9.96. The lowest BCUT2D eigenvalue weighted by atomic mass is 9.96. The quantitative estimate of drug-likeness (QED) is 0.446. The summed E-state index contributed by atoms with van der Waals surface area (Å²) in [7, 11) is 0. The van der Waals surface area contributed by atoms with Crippen LogP contribution in [0.5, 0.6) is 0 Å². The van der Waals surface area contributed by atoms with E-state index in [2.05, 4.69) is 57.5 Å². The highest BCUT2D eigenvalue weighted by Gasteiger charge is 2.26. The summed E-state index contributed by atoms with van der Waals surface area (Å²) in [5.74, 6) is 1.09. The number of rotatable bonds is 6. The molecule has 0 saturated carbocycles. The van der Waals surface area contributed by atoms with Gasteiger partial charge in [-0.25, -0.2) is 9.59 Å². The number of likely N-dealkylation sites (tertiary alicyclic amines) is 1. The number of benzene rings is 1. The number of terminal acetylenes is 1. The van der Waals surface area contributed by atoms with Gasteiger partial charge in [-0.15, -0.1) is 6.42 Å². The van der Waals surface area contributed by atoms with Crippen molar-refractivity contribution in [1.29, 1.82) is 0 Å². The summed E-state index contributed by atoms with van der Waals surface area (Å²) in [5, 5.41) is 18.3. The van der Waals surface area contributed by atoms with Gasteiger partial charge < -0.3 is 15.5 Å². The molecule has 2 aliphatic heterocycles. The monoisotopic (exact) mass is 455 g/mol. The fourth-order valence-electron chi connectivity index (χ4n) is 3.16. The summed E-state index contributed by atoms with van der Waals surface area (Å²) in [5.41, 5.74) is 1.36. The van der Waals surface area contributed by atoms with Gasteiger partial charge in [-0.3, -0.25) is 14.7 Å². The van der Waals surface area contributed by atoms with Crippen LogP contribution in [0.2, 0.25) is 0 Å². The number of nitrogens with zero attached hydrogens (tertiary/aromatic N) is 2. The summed E-state index contributed by atoms with van der Waals surface area (Å²) in [4.78, 5) is 38.4. The van der Waals surface area contributed by atoms with Gasteiger partial charge in [0.15, 0.2) is 0 Å². The molecule has 0 radical (unpaired) electrons. The number of allylic oxidation sites excluding steroid dienone is 1. The Kier molecular flexibility index (Phi) is 10.2. The number of piperidine rings is 1. The zero-order valence-electron chi connectivity index (χ0n) is 17.4. The van der Waals surface area contributed by atoms with Crippen molar-refractivity contribution in [2.45, 2.75) is 19.4 Å². The van der Waals surface area contributed by atoms with E-state index in [-0.39, 0.29) is 5.24 Å². The summed E-state index contributed by atoms with van der Waals surface area (Å²) in [6.07, 6.45) is 10.8. The van der Waals surface area contributed by atoms with Crippen LogP contribution < -0.4 is 5.32 Å². The number of hydrogen-bond donors (Lipinski definition) is 3. The van der Waals surface area contributed by atoms with Crippen molar-refractivity contribution < 1.29 is 24.6 Å². The number of aliphatic carboxylic acids is 2. The minimum atomic E-state index is -1.26. The predicted molar refractivity (Wildman–Crippen MR) is 124 cm³/mol. The normalized spacial score (nSPS) is 19.4. The Bertz CT molecular complexity index is 926. The van der Waals surface area contributed by atoms with Crippen LogP contribution in [0.4, 0.5) is 4.79 Å². The van der Waals surface area contributed by atoms with Gasteiger partial charge in [-0.05, 0) is 49.2 Å². The van der Waals surface area contributed by atoms with Crippen LogP contribution in [0, 0.1) is 18.3 Å². The largest absolute Gasteiger partial charge is 0.478 e. The fourth-order valence-corrected chi connectivity index (χ4v) is 3.98. The van der Waals surface area contributed by atoms with E-state index in [1.54, 1.807) is 0 Å². The van der Waals surface area contributed by atoms with Crippen molar-refractivity contribution >= 4 is 34.8 Å². The Morgan fingerprint density at radius 2 is 1.81 bits per heavy atom. The number of thioether (sulfide) groups is 1. The standard InChI is InChI=1S/C19H21N3OS.C4H4O4/c1-2-10-20-18-17(24-19(23)21-18)13-15-8-11-22(12-9-15)14-16-6-4-3-5-7-16;5-3(6)1-2-4(7)8/h1,3-7,13,15H,8-12,14H2,(H,20,21,23);1-2H,(H,5,6)(H,7,8)/b17-13-;2-1+. The third-order valence-electron chi connectivity index (χ3n) is 4.62.